The van der Waals surface area contributed by atoms with Crippen LogP contribution in [0.4, 0.5) is 0 Å². The van der Waals surface area contributed by atoms with Crippen LogP contribution in [0.25, 0.3) is 5.82 Å². The first-order chi connectivity index (χ1) is 7.74. The summed E-state index contributed by atoms with van der Waals surface area (Å²) in [6, 6.07) is 5.89. The molecule has 0 atom stereocenters. The van der Waals surface area contributed by atoms with Crippen molar-refractivity contribution in [3.05, 3.63) is 41.9 Å². The van der Waals surface area contributed by atoms with Crippen molar-refractivity contribution >= 4 is 0 Å². The highest BCUT2D eigenvalue weighted by atomic mass is 15.3. The number of nitrogens with zero attached hydrogens (tertiary/aromatic N) is 3. The Morgan fingerprint density at radius 1 is 1.31 bits per heavy atom. The van der Waals surface area contributed by atoms with E-state index in [-0.39, 0.29) is 0 Å². The molecular formula is C12H16N4. The van der Waals surface area contributed by atoms with Gasteiger partial charge in [-0.1, -0.05) is 19.9 Å². The van der Waals surface area contributed by atoms with Crippen molar-refractivity contribution in [2.75, 3.05) is 0 Å². The van der Waals surface area contributed by atoms with E-state index >= 15 is 0 Å². The Hall–Kier alpha value is -1.68. The Bertz CT molecular complexity index is 473. The van der Waals surface area contributed by atoms with Crippen LogP contribution in [0.5, 0.6) is 0 Å². The Labute approximate surface area is 95.1 Å². The van der Waals surface area contributed by atoms with Crippen molar-refractivity contribution in [2.24, 2.45) is 5.73 Å². The molecule has 0 bridgehead atoms. The summed E-state index contributed by atoms with van der Waals surface area (Å²) >= 11 is 0. The van der Waals surface area contributed by atoms with Crippen LogP contribution >= 0.6 is 0 Å². The minimum absolute atomic E-state index is 0.412. The van der Waals surface area contributed by atoms with E-state index in [1.54, 1.807) is 12.4 Å². The highest BCUT2D eigenvalue weighted by Crippen LogP contribution is 2.18. The van der Waals surface area contributed by atoms with E-state index in [0.29, 0.717) is 12.5 Å². The van der Waals surface area contributed by atoms with E-state index in [9.17, 15) is 0 Å². The fourth-order valence-corrected chi connectivity index (χ4v) is 1.71. The van der Waals surface area contributed by atoms with Gasteiger partial charge >= 0.3 is 0 Å². The SMILES string of the molecule is CC(C)c1ccnn1-c1ncccc1CN. The summed E-state index contributed by atoms with van der Waals surface area (Å²) in [5.41, 5.74) is 7.86. The lowest BCUT2D eigenvalue weighted by molar-refractivity contribution is 0.713. The van der Waals surface area contributed by atoms with Crippen molar-refractivity contribution in [1.82, 2.24) is 14.8 Å². The lowest BCUT2D eigenvalue weighted by atomic mass is 10.1. The van der Waals surface area contributed by atoms with Gasteiger partial charge in [-0.3, -0.25) is 0 Å². The van der Waals surface area contributed by atoms with Crippen LogP contribution in [0.2, 0.25) is 0 Å². The zero-order valence-electron chi connectivity index (χ0n) is 9.59. The van der Waals surface area contributed by atoms with Gasteiger partial charge in [-0.05, 0) is 18.1 Å². The molecule has 2 rings (SSSR count). The number of pyridine rings is 1. The van der Waals surface area contributed by atoms with Crippen molar-refractivity contribution in [3.63, 3.8) is 0 Å². The predicted molar refractivity (Wildman–Crippen MR) is 63.3 cm³/mol. The Kier molecular flexibility index (Phi) is 3.01. The van der Waals surface area contributed by atoms with Crippen LogP contribution in [0.15, 0.2) is 30.6 Å². The normalized spacial score (nSPS) is 11.0. The number of aromatic nitrogens is 3. The molecule has 84 valence electrons. The van der Waals surface area contributed by atoms with E-state index in [1.165, 1.54) is 0 Å². The van der Waals surface area contributed by atoms with E-state index < -0.39 is 0 Å². The zero-order valence-corrected chi connectivity index (χ0v) is 9.59. The van der Waals surface area contributed by atoms with Crippen molar-refractivity contribution in [3.8, 4) is 5.82 Å². The minimum Gasteiger partial charge on any atom is -0.326 e. The lowest BCUT2D eigenvalue weighted by Gasteiger charge is -2.11. The molecule has 0 aromatic carbocycles. The van der Waals surface area contributed by atoms with Crippen LogP contribution in [-0.2, 0) is 6.54 Å². The molecule has 2 aromatic rings. The van der Waals surface area contributed by atoms with Gasteiger partial charge in [0, 0.05) is 30.2 Å². The van der Waals surface area contributed by atoms with Crippen molar-refractivity contribution in [2.45, 2.75) is 26.3 Å². The number of nitrogens with two attached hydrogens (primary N) is 1. The fourth-order valence-electron chi connectivity index (χ4n) is 1.71. The molecule has 0 aliphatic rings. The largest absolute Gasteiger partial charge is 0.326 e. The molecule has 0 amide bonds. The molecule has 0 aliphatic heterocycles. The second-order valence-corrected chi connectivity index (χ2v) is 4.01. The molecule has 0 aliphatic carbocycles. The van der Waals surface area contributed by atoms with Crippen LogP contribution in [0.1, 0.15) is 31.0 Å². The van der Waals surface area contributed by atoms with Gasteiger partial charge in [0.05, 0.1) is 0 Å². The van der Waals surface area contributed by atoms with Gasteiger partial charge in [0.25, 0.3) is 0 Å². The number of hydrogen-bond acceptors (Lipinski definition) is 3. The first-order valence-electron chi connectivity index (χ1n) is 5.42. The van der Waals surface area contributed by atoms with Crippen molar-refractivity contribution in [1.29, 1.82) is 0 Å². The van der Waals surface area contributed by atoms with Gasteiger partial charge in [-0.2, -0.15) is 5.10 Å². The molecular weight excluding hydrogens is 200 g/mol. The molecule has 4 heteroatoms. The molecule has 4 nitrogen and oxygen atoms in total. The average molecular weight is 216 g/mol. The molecule has 0 unspecified atom stereocenters. The molecule has 2 N–H and O–H groups in total. The van der Waals surface area contributed by atoms with E-state index in [4.69, 9.17) is 5.73 Å². The maximum atomic E-state index is 5.70. The summed E-state index contributed by atoms with van der Waals surface area (Å²) in [5.74, 6) is 1.24. The molecule has 16 heavy (non-hydrogen) atoms. The minimum atomic E-state index is 0.412. The first-order valence-corrected chi connectivity index (χ1v) is 5.42. The quantitative estimate of drug-likeness (QED) is 0.851. The Morgan fingerprint density at radius 2 is 2.12 bits per heavy atom. The third-order valence-corrected chi connectivity index (χ3v) is 2.55. The van der Waals surface area contributed by atoms with Gasteiger partial charge in [0.2, 0.25) is 0 Å². The third-order valence-electron chi connectivity index (χ3n) is 2.55. The van der Waals surface area contributed by atoms with E-state index in [0.717, 1.165) is 17.1 Å². The second kappa shape index (κ2) is 4.45. The van der Waals surface area contributed by atoms with Gasteiger partial charge in [0.15, 0.2) is 5.82 Å². The average Bonchev–Trinajstić information content (AvgIpc) is 2.77. The standard InChI is InChI=1S/C12H16N4/c1-9(2)11-5-7-15-16(11)12-10(8-13)4-3-6-14-12/h3-7,9H,8,13H2,1-2H3. The van der Waals surface area contributed by atoms with Crippen LogP contribution in [-0.4, -0.2) is 14.8 Å². The highest BCUT2D eigenvalue weighted by molar-refractivity contribution is 5.34. The first kappa shape index (κ1) is 10.8. The predicted octanol–water partition coefficient (Wildman–Crippen LogP) is 1.85. The lowest BCUT2D eigenvalue weighted by Crippen LogP contribution is -2.10. The molecule has 2 heterocycles. The van der Waals surface area contributed by atoms with Gasteiger partial charge < -0.3 is 5.73 Å². The van der Waals surface area contributed by atoms with Gasteiger partial charge in [0.1, 0.15) is 0 Å². The van der Waals surface area contributed by atoms with Crippen LogP contribution in [0.3, 0.4) is 0 Å². The summed E-state index contributed by atoms with van der Waals surface area (Å²) in [6.45, 7) is 4.75. The molecule has 0 radical (unpaired) electrons. The molecule has 0 fully saturated rings. The summed E-state index contributed by atoms with van der Waals surface area (Å²) in [5, 5.41) is 4.31. The molecule has 0 saturated heterocycles. The topological polar surface area (TPSA) is 56.7 Å². The van der Waals surface area contributed by atoms with Crippen molar-refractivity contribution < 1.29 is 0 Å². The van der Waals surface area contributed by atoms with E-state index in [2.05, 4.69) is 23.9 Å². The second-order valence-electron chi connectivity index (χ2n) is 4.01. The maximum absolute atomic E-state index is 5.70. The monoisotopic (exact) mass is 216 g/mol. The van der Waals surface area contributed by atoms with Crippen LogP contribution < -0.4 is 5.73 Å². The molecule has 2 aromatic heterocycles. The van der Waals surface area contributed by atoms with Gasteiger partial charge in [-0.15, -0.1) is 0 Å². The number of rotatable bonds is 3. The highest BCUT2D eigenvalue weighted by Gasteiger charge is 2.11. The third kappa shape index (κ3) is 1.84. The van der Waals surface area contributed by atoms with Crippen LogP contribution in [0, 0.1) is 0 Å². The summed E-state index contributed by atoms with van der Waals surface area (Å²) in [4.78, 5) is 4.36. The smallest absolute Gasteiger partial charge is 0.158 e. The van der Waals surface area contributed by atoms with E-state index in [1.807, 2.05) is 22.9 Å². The molecule has 0 spiro atoms. The zero-order chi connectivity index (χ0) is 11.5. The Balaban J connectivity index is 2.54. The van der Waals surface area contributed by atoms with Gasteiger partial charge in [-0.25, -0.2) is 9.67 Å². The summed E-state index contributed by atoms with van der Waals surface area (Å²) in [6.07, 6.45) is 3.56. The summed E-state index contributed by atoms with van der Waals surface area (Å²) in [7, 11) is 0. The Morgan fingerprint density at radius 3 is 2.81 bits per heavy atom. The number of hydrogen-bond donors (Lipinski definition) is 1. The fraction of sp³-hybridized carbons (Fsp3) is 0.333. The molecule has 0 saturated carbocycles. The maximum Gasteiger partial charge on any atom is 0.158 e. The summed E-state index contributed by atoms with van der Waals surface area (Å²) < 4.78 is 1.87.